The number of para-hydroxylation sites is 1. The molecule has 8 nitrogen and oxygen atoms in total. The van der Waals surface area contributed by atoms with E-state index in [0.29, 0.717) is 22.7 Å². The van der Waals surface area contributed by atoms with E-state index in [2.05, 4.69) is 15.5 Å². The number of hydrogen-bond acceptors (Lipinski definition) is 6. The van der Waals surface area contributed by atoms with Crippen molar-refractivity contribution in [2.24, 2.45) is 10.9 Å². The van der Waals surface area contributed by atoms with Gasteiger partial charge >= 0.3 is 0 Å². The van der Waals surface area contributed by atoms with Crippen LogP contribution in [0.5, 0.6) is 5.75 Å². The average molecular weight is 390 g/mol. The molecule has 0 fully saturated rings. The van der Waals surface area contributed by atoms with E-state index in [0.717, 1.165) is 10.9 Å². The van der Waals surface area contributed by atoms with Crippen LogP contribution in [0, 0.1) is 0 Å². The highest BCUT2D eigenvalue weighted by molar-refractivity contribution is 6.09. The fourth-order valence-corrected chi connectivity index (χ4v) is 3.08. The zero-order valence-corrected chi connectivity index (χ0v) is 15.4. The van der Waals surface area contributed by atoms with Crippen molar-refractivity contribution in [2.45, 2.75) is 12.5 Å². The Bertz CT molecular complexity index is 1110. The molecule has 1 atom stereocenters. The summed E-state index contributed by atoms with van der Waals surface area (Å²) < 4.78 is 5.43. The number of amides is 2. The molecule has 0 saturated carbocycles. The first-order chi connectivity index (χ1) is 14.1. The highest BCUT2D eigenvalue weighted by atomic mass is 16.6. The van der Waals surface area contributed by atoms with E-state index < -0.39 is 12.0 Å². The molecule has 146 valence electrons. The number of oxime groups is 1. The Balaban J connectivity index is 1.47. The number of nitrogens with zero attached hydrogens (tertiary/aromatic N) is 2. The molecule has 1 aromatic heterocycles. The van der Waals surface area contributed by atoms with Crippen molar-refractivity contribution >= 4 is 34.1 Å². The van der Waals surface area contributed by atoms with Gasteiger partial charge in [-0.15, -0.1) is 0 Å². The van der Waals surface area contributed by atoms with Crippen LogP contribution < -0.4 is 15.8 Å². The first-order valence-electron chi connectivity index (χ1n) is 8.99. The average Bonchev–Trinajstić information content (AvgIpc) is 3.23. The molecule has 4 rings (SSSR count). The van der Waals surface area contributed by atoms with E-state index in [9.17, 15) is 9.59 Å². The molecule has 1 aliphatic heterocycles. The van der Waals surface area contributed by atoms with E-state index in [4.69, 9.17) is 15.3 Å². The summed E-state index contributed by atoms with van der Waals surface area (Å²) in [5.41, 5.74) is 7.80. The molecule has 2 aromatic carbocycles. The fraction of sp³-hybridized carbons (Fsp3) is 0.143. The largest absolute Gasteiger partial charge is 0.483 e. The van der Waals surface area contributed by atoms with Crippen LogP contribution >= 0.6 is 0 Å². The maximum atomic E-state index is 12.7. The summed E-state index contributed by atoms with van der Waals surface area (Å²) in [5.74, 6) is -0.434. The zero-order valence-electron chi connectivity index (χ0n) is 15.4. The molecule has 0 bridgehead atoms. The maximum absolute atomic E-state index is 12.7. The zero-order chi connectivity index (χ0) is 20.2. The fourth-order valence-electron chi connectivity index (χ4n) is 3.08. The van der Waals surface area contributed by atoms with E-state index in [1.165, 1.54) is 0 Å². The summed E-state index contributed by atoms with van der Waals surface area (Å²) >= 11 is 0. The molecule has 0 spiro atoms. The van der Waals surface area contributed by atoms with Gasteiger partial charge in [0.2, 0.25) is 6.10 Å². The number of ether oxygens (including phenoxy) is 1. The van der Waals surface area contributed by atoms with Gasteiger partial charge in [0, 0.05) is 23.6 Å². The summed E-state index contributed by atoms with van der Waals surface area (Å²) in [6.07, 6.45) is 1.19. The van der Waals surface area contributed by atoms with Crippen LogP contribution in [0.2, 0.25) is 0 Å². The molecule has 2 amide bonds. The lowest BCUT2D eigenvalue weighted by molar-refractivity contribution is -0.125. The van der Waals surface area contributed by atoms with Gasteiger partial charge < -0.3 is 20.6 Å². The quantitative estimate of drug-likeness (QED) is 0.670. The second kappa shape index (κ2) is 7.97. The van der Waals surface area contributed by atoms with Gasteiger partial charge in [-0.05, 0) is 36.4 Å². The second-order valence-corrected chi connectivity index (χ2v) is 6.45. The number of fused-ring (bicyclic) bond motifs is 1. The van der Waals surface area contributed by atoms with Crippen molar-refractivity contribution in [3.63, 3.8) is 0 Å². The monoisotopic (exact) mass is 390 g/mol. The molecule has 0 aliphatic carbocycles. The highest BCUT2D eigenvalue weighted by Gasteiger charge is 2.30. The Hall–Kier alpha value is -3.94. The molecule has 1 aliphatic rings. The number of pyridine rings is 1. The van der Waals surface area contributed by atoms with Crippen LogP contribution in [-0.4, -0.2) is 35.2 Å². The van der Waals surface area contributed by atoms with Gasteiger partial charge in [0.15, 0.2) is 6.61 Å². The Kier molecular flexibility index (Phi) is 5.07. The van der Waals surface area contributed by atoms with Crippen LogP contribution in [0.25, 0.3) is 10.9 Å². The molecule has 0 radical (unpaired) electrons. The number of anilines is 1. The number of hydrogen-bond donors (Lipinski definition) is 2. The SMILES string of the molecule is NC(=O)COc1ccccc1C1=NO[C@@H](C(=O)Nc2cccc3ncccc23)C1. The number of nitrogens with two attached hydrogens (primary N) is 1. The Morgan fingerprint density at radius 3 is 2.86 bits per heavy atom. The molecular formula is C21H18N4O4. The van der Waals surface area contributed by atoms with Crippen LogP contribution in [0.15, 0.2) is 65.9 Å². The van der Waals surface area contributed by atoms with Crippen LogP contribution in [0.3, 0.4) is 0 Å². The Labute approximate surface area is 166 Å². The number of benzene rings is 2. The number of rotatable bonds is 6. The van der Waals surface area contributed by atoms with Crippen molar-refractivity contribution in [1.82, 2.24) is 4.98 Å². The first kappa shape index (κ1) is 18.4. The van der Waals surface area contributed by atoms with Crippen molar-refractivity contribution in [3.05, 3.63) is 66.4 Å². The minimum absolute atomic E-state index is 0.246. The predicted molar refractivity (Wildman–Crippen MR) is 108 cm³/mol. The summed E-state index contributed by atoms with van der Waals surface area (Å²) in [5, 5.41) is 7.77. The van der Waals surface area contributed by atoms with Crippen LogP contribution in [0.4, 0.5) is 5.69 Å². The number of nitrogens with one attached hydrogen (secondary N) is 1. The highest BCUT2D eigenvalue weighted by Crippen LogP contribution is 2.26. The van der Waals surface area contributed by atoms with E-state index in [-0.39, 0.29) is 18.9 Å². The van der Waals surface area contributed by atoms with Crippen molar-refractivity contribution in [3.8, 4) is 5.75 Å². The lowest BCUT2D eigenvalue weighted by Gasteiger charge is -2.12. The van der Waals surface area contributed by atoms with E-state index >= 15 is 0 Å². The topological polar surface area (TPSA) is 116 Å². The van der Waals surface area contributed by atoms with Crippen molar-refractivity contribution in [1.29, 1.82) is 0 Å². The molecule has 0 unspecified atom stereocenters. The van der Waals surface area contributed by atoms with Crippen molar-refractivity contribution < 1.29 is 19.2 Å². The standard InChI is InChI=1S/C21H18N4O4/c22-20(26)12-28-18-9-2-1-5-14(18)17-11-19(29-25-17)21(27)24-16-8-3-7-15-13(16)6-4-10-23-15/h1-10,19H,11-12H2,(H2,22,26)(H,24,27)/t19-/m1/s1. The van der Waals surface area contributed by atoms with Gasteiger partial charge in [0.05, 0.1) is 16.9 Å². The Morgan fingerprint density at radius 1 is 1.14 bits per heavy atom. The van der Waals surface area contributed by atoms with Gasteiger partial charge in [-0.25, -0.2) is 0 Å². The molecule has 29 heavy (non-hydrogen) atoms. The molecule has 0 saturated heterocycles. The minimum Gasteiger partial charge on any atom is -0.483 e. The van der Waals surface area contributed by atoms with Gasteiger partial charge in [-0.1, -0.05) is 23.4 Å². The van der Waals surface area contributed by atoms with Gasteiger partial charge in [-0.3, -0.25) is 14.6 Å². The molecule has 3 N–H and O–H groups in total. The number of primary amides is 1. The smallest absolute Gasteiger partial charge is 0.268 e. The lowest BCUT2D eigenvalue weighted by Crippen LogP contribution is -2.28. The maximum Gasteiger partial charge on any atom is 0.268 e. The number of carbonyl (C=O) groups excluding carboxylic acids is 2. The predicted octanol–water partition coefficient (Wildman–Crippen LogP) is 2.23. The third-order valence-corrected chi connectivity index (χ3v) is 4.43. The van der Waals surface area contributed by atoms with E-state index in [1.54, 1.807) is 24.4 Å². The normalized spacial score (nSPS) is 15.4. The summed E-state index contributed by atoms with van der Waals surface area (Å²) in [7, 11) is 0. The van der Waals surface area contributed by atoms with E-state index in [1.807, 2.05) is 36.4 Å². The summed E-state index contributed by atoms with van der Waals surface area (Å²) in [6.45, 7) is -0.246. The van der Waals surface area contributed by atoms with Crippen molar-refractivity contribution in [2.75, 3.05) is 11.9 Å². The third kappa shape index (κ3) is 4.01. The Morgan fingerprint density at radius 2 is 2.00 bits per heavy atom. The molecule has 2 heterocycles. The molecule has 3 aromatic rings. The summed E-state index contributed by atoms with van der Waals surface area (Å²) in [6, 6.07) is 16.3. The summed E-state index contributed by atoms with van der Waals surface area (Å²) in [4.78, 5) is 33.4. The van der Waals surface area contributed by atoms with Gasteiger partial charge in [-0.2, -0.15) is 0 Å². The van der Waals surface area contributed by atoms with Crippen LogP contribution in [0.1, 0.15) is 12.0 Å². The number of carbonyl (C=O) groups is 2. The van der Waals surface area contributed by atoms with Crippen LogP contribution in [-0.2, 0) is 14.4 Å². The second-order valence-electron chi connectivity index (χ2n) is 6.45. The lowest BCUT2D eigenvalue weighted by atomic mass is 10.0. The minimum atomic E-state index is -0.777. The first-order valence-corrected chi connectivity index (χ1v) is 8.99. The number of aromatic nitrogens is 1. The van der Waals surface area contributed by atoms with Gasteiger partial charge in [0.1, 0.15) is 5.75 Å². The van der Waals surface area contributed by atoms with Gasteiger partial charge in [0.25, 0.3) is 11.8 Å². The molecular weight excluding hydrogens is 372 g/mol. The molecule has 8 heteroatoms. The third-order valence-electron chi connectivity index (χ3n) is 4.43.